The first-order valence-corrected chi connectivity index (χ1v) is 14.5. The summed E-state index contributed by atoms with van der Waals surface area (Å²) >= 11 is 0. The maximum absolute atomic E-state index is 13.5. The first-order valence-electron chi connectivity index (χ1n) is 14.5. The van der Waals surface area contributed by atoms with E-state index in [9.17, 15) is 24.6 Å². The summed E-state index contributed by atoms with van der Waals surface area (Å²) in [5.74, 6) is -1.07. The number of carbonyl (C=O) groups is 3. The number of benzene rings is 3. The molecule has 42 heavy (non-hydrogen) atoms. The number of primary amides is 1. The molecule has 4 amide bonds. The highest BCUT2D eigenvalue weighted by molar-refractivity contribution is 5.92. The Morgan fingerprint density at radius 2 is 1.43 bits per heavy atom. The third-order valence-electron chi connectivity index (χ3n) is 7.86. The van der Waals surface area contributed by atoms with Crippen molar-refractivity contribution in [2.75, 3.05) is 31.2 Å². The van der Waals surface area contributed by atoms with Gasteiger partial charge in [0.1, 0.15) is 6.04 Å². The first-order chi connectivity index (χ1) is 20.4. The van der Waals surface area contributed by atoms with E-state index in [1.807, 2.05) is 72.8 Å². The molecule has 0 aromatic heterocycles. The fraction of sp³-hybridized carbons (Fsp3) is 0.364. The fourth-order valence-corrected chi connectivity index (χ4v) is 5.70. The van der Waals surface area contributed by atoms with Gasteiger partial charge in [-0.15, -0.1) is 0 Å². The van der Waals surface area contributed by atoms with Gasteiger partial charge in [0.05, 0.1) is 19.8 Å². The van der Waals surface area contributed by atoms with E-state index in [4.69, 9.17) is 5.73 Å². The van der Waals surface area contributed by atoms with Gasteiger partial charge >= 0.3 is 6.03 Å². The summed E-state index contributed by atoms with van der Waals surface area (Å²) in [7, 11) is 0. The summed E-state index contributed by atoms with van der Waals surface area (Å²) < 4.78 is 0. The van der Waals surface area contributed by atoms with E-state index in [2.05, 4.69) is 5.32 Å². The standard InChI is InChI=1S/C33H40N4O5/c34-31(40)30(26-9-3-1-4-10-26)35-32(41)29-14-8-7-13-28(29)25-17-15-24(16-18-25)23-37(27-11-5-2-6-12-27)33(42)36(19-21-38)20-22-39/h1-6,9-12,15-18,28-30,38-39H,7-8,13-14,19-23H2,(H2,34,40)(H,35,41)/t28-,29+,30-/m0/s1. The molecule has 1 fully saturated rings. The predicted molar refractivity (Wildman–Crippen MR) is 161 cm³/mol. The quantitative estimate of drug-likeness (QED) is 0.262. The number of para-hydroxylation sites is 1. The van der Waals surface area contributed by atoms with Crippen molar-refractivity contribution in [3.05, 3.63) is 102 Å². The van der Waals surface area contributed by atoms with Crippen molar-refractivity contribution >= 4 is 23.5 Å². The van der Waals surface area contributed by atoms with E-state index in [0.29, 0.717) is 17.8 Å². The number of urea groups is 1. The lowest BCUT2D eigenvalue weighted by atomic mass is 9.74. The second kappa shape index (κ2) is 15.1. The summed E-state index contributed by atoms with van der Waals surface area (Å²) in [6, 6.07) is 25.1. The van der Waals surface area contributed by atoms with Gasteiger partial charge in [0.25, 0.3) is 0 Å². The molecule has 3 atom stereocenters. The number of nitrogens with one attached hydrogen (secondary N) is 1. The van der Waals surface area contributed by atoms with Crippen LogP contribution in [0.5, 0.6) is 0 Å². The van der Waals surface area contributed by atoms with Gasteiger partial charge in [-0.2, -0.15) is 0 Å². The average molecular weight is 573 g/mol. The van der Waals surface area contributed by atoms with Crippen LogP contribution in [-0.4, -0.2) is 59.3 Å². The molecule has 0 saturated heterocycles. The first kappa shape index (κ1) is 30.7. The van der Waals surface area contributed by atoms with Crippen molar-refractivity contribution in [2.45, 2.75) is 44.2 Å². The number of amides is 4. The monoisotopic (exact) mass is 572 g/mol. The average Bonchev–Trinajstić information content (AvgIpc) is 3.03. The Balaban J connectivity index is 1.52. The molecule has 0 aliphatic heterocycles. The SMILES string of the molecule is NC(=O)[C@@H](NC(=O)[C@@H]1CCCC[C@H]1c1ccc(CN(C(=O)N(CCO)CCO)c2ccccc2)cc1)c1ccccc1. The van der Waals surface area contributed by atoms with E-state index < -0.39 is 11.9 Å². The molecule has 222 valence electrons. The largest absolute Gasteiger partial charge is 0.395 e. The normalized spacial score (nSPS) is 17.2. The highest BCUT2D eigenvalue weighted by Gasteiger charge is 2.34. The van der Waals surface area contributed by atoms with Crippen molar-refractivity contribution in [1.29, 1.82) is 0 Å². The molecule has 3 aromatic rings. The Morgan fingerprint density at radius 3 is 2.02 bits per heavy atom. The van der Waals surface area contributed by atoms with Crippen LogP contribution in [0, 0.1) is 5.92 Å². The van der Waals surface area contributed by atoms with Crippen LogP contribution in [0.4, 0.5) is 10.5 Å². The Bertz CT molecular complexity index is 1300. The number of hydrogen-bond donors (Lipinski definition) is 4. The van der Waals surface area contributed by atoms with E-state index in [1.54, 1.807) is 17.0 Å². The summed E-state index contributed by atoms with van der Waals surface area (Å²) in [5.41, 5.74) is 8.96. The zero-order valence-electron chi connectivity index (χ0n) is 23.8. The number of aliphatic hydroxyl groups excluding tert-OH is 2. The van der Waals surface area contributed by atoms with Crippen molar-refractivity contribution in [3.63, 3.8) is 0 Å². The van der Waals surface area contributed by atoms with Crippen LogP contribution in [0.15, 0.2) is 84.9 Å². The van der Waals surface area contributed by atoms with E-state index >= 15 is 0 Å². The van der Waals surface area contributed by atoms with Crippen LogP contribution in [-0.2, 0) is 16.1 Å². The number of rotatable bonds is 12. The van der Waals surface area contributed by atoms with E-state index in [1.165, 1.54) is 4.90 Å². The van der Waals surface area contributed by atoms with Crippen LogP contribution in [0.3, 0.4) is 0 Å². The molecule has 4 rings (SSSR count). The molecule has 9 heteroatoms. The lowest BCUT2D eigenvalue weighted by Crippen LogP contribution is -2.45. The Labute approximate surface area is 246 Å². The molecule has 0 heterocycles. The van der Waals surface area contributed by atoms with E-state index in [0.717, 1.165) is 36.8 Å². The van der Waals surface area contributed by atoms with E-state index in [-0.39, 0.29) is 50.1 Å². The number of aliphatic hydroxyl groups is 2. The lowest BCUT2D eigenvalue weighted by molar-refractivity contribution is -0.131. The van der Waals surface area contributed by atoms with Gasteiger partial charge < -0.3 is 26.2 Å². The van der Waals surface area contributed by atoms with Crippen molar-refractivity contribution < 1.29 is 24.6 Å². The number of nitrogens with two attached hydrogens (primary N) is 1. The minimum Gasteiger partial charge on any atom is -0.395 e. The molecule has 5 N–H and O–H groups in total. The second-order valence-corrected chi connectivity index (χ2v) is 10.6. The molecule has 3 aromatic carbocycles. The van der Waals surface area contributed by atoms with Crippen molar-refractivity contribution in [1.82, 2.24) is 10.2 Å². The smallest absolute Gasteiger partial charge is 0.324 e. The molecule has 1 aliphatic rings. The summed E-state index contributed by atoms with van der Waals surface area (Å²) in [6.07, 6.45) is 3.53. The van der Waals surface area contributed by atoms with Gasteiger partial charge in [0, 0.05) is 24.7 Å². The van der Waals surface area contributed by atoms with Gasteiger partial charge in [-0.3, -0.25) is 14.5 Å². The molecule has 1 saturated carbocycles. The van der Waals surface area contributed by atoms with Crippen molar-refractivity contribution in [2.24, 2.45) is 11.7 Å². The third-order valence-corrected chi connectivity index (χ3v) is 7.86. The van der Waals surface area contributed by atoms with Gasteiger partial charge in [0.2, 0.25) is 11.8 Å². The maximum Gasteiger partial charge on any atom is 0.324 e. The number of carbonyl (C=O) groups excluding carboxylic acids is 3. The zero-order chi connectivity index (χ0) is 29.9. The van der Waals surface area contributed by atoms with Crippen LogP contribution < -0.4 is 16.0 Å². The van der Waals surface area contributed by atoms with Crippen molar-refractivity contribution in [3.8, 4) is 0 Å². The molecule has 0 spiro atoms. The Hall–Kier alpha value is -4.21. The predicted octanol–water partition coefficient (Wildman–Crippen LogP) is 3.72. The van der Waals surface area contributed by atoms with Gasteiger partial charge in [-0.1, -0.05) is 85.6 Å². The molecular weight excluding hydrogens is 532 g/mol. The highest BCUT2D eigenvalue weighted by atomic mass is 16.3. The molecule has 0 radical (unpaired) electrons. The number of nitrogens with zero attached hydrogens (tertiary/aromatic N) is 2. The number of hydrogen-bond acceptors (Lipinski definition) is 5. The third kappa shape index (κ3) is 7.74. The molecule has 1 aliphatic carbocycles. The Morgan fingerprint density at radius 1 is 0.833 bits per heavy atom. The van der Waals surface area contributed by atoms with Crippen LogP contribution in [0.1, 0.15) is 54.3 Å². The van der Waals surface area contributed by atoms with Gasteiger partial charge in [-0.25, -0.2) is 4.79 Å². The zero-order valence-corrected chi connectivity index (χ0v) is 23.8. The lowest BCUT2D eigenvalue weighted by Gasteiger charge is -2.32. The number of anilines is 1. The molecular formula is C33H40N4O5. The fourth-order valence-electron chi connectivity index (χ4n) is 5.70. The highest BCUT2D eigenvalue weighted by Crippen LogP contribution is 2.38. The maximum atomic E-state index is 13.5. The molecule has 9 nitrogen and oxygen atoms in total. The minimum atomic E-state index is -0.888. The summed E-state index contributed by atoms with van der Waals surface area (Å²) in [6.45, 7) is 0.124. The van der Waals surface area contributed by atoms with Gasteiger partial charge in [0.15, 0.2) is 0 Å². The van der Waals surface area contributed by atoms with Crippen LogP contribution >= 0.6 is 0 Å². The Kier molecular flexibility index (Phi) is 11.1. The minimum absolute atomic E-state index is 0.00596. The van der Waals surface area contributed by atoms with Crippen LogP contribution in [0.2, 0.25) is 0 Å². The topological polar surface area (TPSA) is 136 Å². The molecule has 0 unspecified atom stereocenters. The summed E-state index contributed by atoms with van der Waals surface area (Å²) in [4.78, 5) is 42.2. The van der Waals surface area contributed by atoms with Gasteiger partial charge in [-0.05, 0) is 47.6 Å². The van der Waals surface area contributed by atoms with Crippen LogP contribution in [0.25, 0.3) is 0 Å². The summed E-state index contributed by atoms with van der Waals surface area (Å²) in [5, 5.41) is 21.8. The second-order valence-electron chi connectivity index (χ2n) is 10.6. The molecule has 0 bridgehead atoms.